The zero-order valence-corrected chi connectivity index (χ0v) is 14.0. The second-order valence-corrected chi connectivity index (χ2v) is 5.79. The first-order valence-electron chi connectivity index (χ1n) is 7.58. The summed E-state index contributed by atoms with van der Waals surface area (Å²) in [7, 11) is 0. The number of aromatic nitrogens is 2. The topological polar surface area (TPSA) is 77.2 Å². The van der Waals surface area contributed by atoms with Crippen LogP contribution in [0.1, 0.15) is 18.4 Å². The van der Waals surface area contributed by atoms with Crippen LogP contribution in [0.15, 0.2) is 45.5 Å². The maximum atomic E-state index is 12.1. The molecule has 24 heavy (non-hydrogen) atoms. The van der Waals surface area contributed by atoms with Crippen molar-refractivity contribution in [1.29, 1.82) is 0 Å². The standard InChI is InChI=1S/C17H17N3O3S/c1-2-22-14-6-4-3-5-12(14)10-18-15(21)9-16-19-20-17(23-16)13-7-8-24-11-13/h3-8,11H,2,9-10H2,1H3,(H,18,21). The lowest BCUT2D eigenvalue weighted by atomic mass is 10.2. The fraction of sp³-hybridized carbons (Fsp3) is 0.235. The molecule has 1 aromatic carbocycles. The highest BCUT2D eigenvalue weighted by atomic mass is 32.1. The van der Waals surface area contributed by atoms with E-state index in [0.717, 1.165) is 16.9 Å². The van der Waals surface area contributed by atoms with Crippen LogP contribution < -0.4 is 10.1 Å². The van der Waals surface area contributed by atoms with Gasteiger partial charge in [0, 0.05) is 23.1 Å². The van der Waals surface area contributed by atoms with Gasteiger partial charge in [0.05, 0.1) is 6.61 Å². The molecule has 0 radical (unpaired) electrons. The minimum absolute atomic E-state index is 0.0495. The summed E-state index contributed by atoms with van der Waals surface area (Å²) < 4.78 is 11.1. The molecule has 0 saturated heterocycles. The van der Waals surface area contributed by atoms with Gasteiger partial charge in [-0.1, -0.05) is 18.2 Å². The number of para-hydroxylation sites is 1. The number of carbonyl (C=O) groups is 1. The molecule has 0 aliphatic rings. The highest BCUT2D eigenvalue weighted by Gasteiger charge is 2.13. The van der Waals surface area contributed by atoms with E-state index in [9.17, 15) is 4.79 Å². The smallest absolute Gasteiger partial charge is 0.248 e. The predicted octanol–water partition coefficient (Wildman–Crippen LogP) is 3.06. The van der Waals surface area contributed by atoms with Crippen molar-refractivity contribution >= 4 is 17.2 Å². The van der Waals surface area contributed by atoms with Crippen LogP contribution in [0, 0.1) is 0 Å². The number of nitrogens with one attached hydrogen (secondary N) is 1. The highest BCUT2D eigenvalue weighted by molar-refractivity contribution is 7.08. The third kappa shape index (κ3) is 3.99. The van der Waals surface area contributed by atoms with Crippen molar-refractivity contribution in [2.75, 3.05) is 6.61 Å². The molecule has 6 nitrogen and oxygen atoms in total. The first-order valence-corrected chi connectivity index (χ1v) is 8.53. The quantitative estimate of drug-likeness (QED) is 0.713. The second kappa shape index (κ2) is 7.74. The number of thiophene rings is 1. The molecule has 1 amide bonds. The van der Waals surface area contributed by atoms with Gasteiger partial charge in [-0.25, -0.2) is 0 Å². The fourth-order valence-corrected chi connectivity index (χ4v) is 2.80. The van der Waals surface area contributed by atoms with Crippen molar-refractivity contribution in [2.45, 2.75) is 19.9 Å². The Bertz CT molecular complexity index is 799. The average Bonchev–Trinajstić information content (AvgIpc) is 3.25. The molecule has 124 valence electrons. The lowest BCUT2D eigenvalue weighted by Gasteiger charge is -2.10. The van der Waals surface area contributed by atoms with E-state index in [1.54, 1.807) is 11.3 Å². The Kier molecular flexibility index (Phi) is 5.22. The van der Waals surface area contributed by atoms with Crippen molar-refractivity contribution in [1.82, 2.24) is 15.5 Å². The van der Waals surface area contributed by atoms with E-state index in [4.69, 9.17) is 9.15 Å². The molecule has 0 saturated carbocycles. The van der Waals surface area contributed by atoms with E-state index in [0.29, 0.717) is 24.9 Å². The van der Waals surface area contributed by atoms with Crippen molar-refractivity contribution in [2.24, 2.45) is 0 Å². The van der Waals surface area contributed by atoms with Gasteiger partial charge in [-0.2, -0.15) is 11.3 Å². The Morgan fingerprint density at radius 2 is 2.17 bits per heavy atom. The third-order valence-electron chi connectivity index (χ3n) is 3.30. The Morgan fingerprint density at radius 3 is 2.96 bits per heavy atom. The number of carbonyl (C=O) groups excluding carboxylic acids is 1. The van der Waals surface area contributed by atoms with Gasteiger partial charge in [0.25, 0.3) is 0 Å². The zero-order chi connectivity index (χ0) is 16.8. The molecule has 3 rings (SSSR count). The summed E-state index contributed by atoms with van der Waals surface area (Å²) in [6.07, 6.45) is 0.0495. The summed E-state index contributed by atoms with van der Waals surface area (Å²) in [5, 5.41) is 14.6. The zero-order valence-electron chi connectivity index (χ0n) is 13.2. The Morgan fingerprint density at radius 1 is 1.29 bits per heavy atom. The second-order valence-electron chi connectivity index (χ2n) is 5.01. The molecule has 0 aliphatic carbocycles. The summed E-state index contributed by atoms with van der Waals surface area (Å²) >= 11 is 1.55. The first-order chi connectivity index (χ1) is 11.8. The average molecular weight is 343 g/mol. The van der Waals surface area contributed by atoms with Gasteiger partial charge in [0.1, 0.15) is 12.2 Å². The number of hydrogen-bond donors (Lipinski definition) is 1. The van der Waals surface area contributed by atoms with Gasteiger partial charge in [-0.3, -0.25) is 4.79 Å². The first kappa shape index (κ1) is 16.2. The summed E-state index contributed by atoms with van der Waals surface area (Å²) in [5.74, 6) is 1.33. The van der Waals surface area contributed by atoms with E-state index in [2.05, 4.69) is 15.5 Å². The van der Waals surface area contributed by atoms with Crippen LogP contribution >= 0.6 is 11.3 Å². The number of benzene rings is 1. The highest BCUT2D eigenvalue weighted by Crippen LogP contribution is 2.20. The number of rotatable bonds is 7. The Balaban J connectivity index is 1.57. The number of nitrogens with zero attached hydrogens (tertiary/aromatic N) is 2. The number of amides is 1. The van der Waals surface area contributed by atoms with Gasteiger partial charge in [0.15, 0.2) is 0 Å². The Labute approximate surface area is 143 Å². The monoisotopic (exact) mass is 343 g/mol. The van der Waals surface area contributed by atoms with Crippen LogP contribution in [0.3, 0.4) is 0 Å². The number of ether oxygens (including phenoxy) is 1. The molecule has 2 aromatic heterocycles. The molecule has 2 heterocycles. The van der Waals surface area contributed by atoms with Crippen LogP contribution in [0.4, 0.5) is 0 Å². The lowest BCUT2D eigenvalue weighted by molar-refractivity contribution is -0.120. The van der Waals surface area contributed by atoms with Crippen molar-refractivity contribution in [3.8, 4) is 17.2 Å². The third-order valence-corrected chi connectivity index (χ3v) is 3.98. The van der Waals surface area contributed by atoms with Gasteiger partial charge in [-0.05, 0) is 24.4 Å². The normalized spacial score (nSPS) is 10.5. The molecule has 1 N–H and O–H groups in total. The molecular formula is C17H17N3O3S. The van der Waals surface area contributed by atoms with Crippen molar-refractivity contribution in [3.05, 3.63) is 52.5 Å². The summed E-state index contributed by atoms with van der Waals surface area (Å²) in [5.41, 5.74) is 1.79. The summed E-state index contributed by atoms with van der Waals surface area (Å²) in [6, 6.07) is 9.52. The largest absolute Gasteiger partial charge is 0.494 e. The fourth-order valence-electron chi connectivity index (χ4n) is 2.17. The Hall–Kier alpha value is -2.67. The van der Waals surface area contributed by atoms with Crippen LogP contribution in [0.2, 0.25) is 0 Å². The molecule has 0 aliphatic heterocycles. The molecule has 0 unspecified atom stereocenters. The van der Waals surface area contributed by atoms with Crippen molar-refractivity contribution < 1.29 is 13.9 Å². The molecular weight excluding hydrogens is 326 g/mol. The van der Waals surface area contributed by atoms with Crippen LogP contribution in [-0.4, -0.2) is 22.7 Å². The van der Waals surface area contributed by atoms with E-state index in [1.165, 1.54) is 0 Å². The molecule has 3 aromatic rings. The lowest BCUT2D eigenvalue weighted by Crippen LogP contribution is -2.25. The van der Waals surface area contributed by atoms with Gasteiger partial charge in [0.2, 0.25) is 17.7 Å². The van der Waals surface area contributed by atoms with Crippen LogP contribution in [0.25, 0.3) is 11.5 Å². The number of hydrogen-bond acceptors (Lipinski definition) is 6. The molecule has 0 spiro atoms. The maximum absolute atomic E-state index is 12.1. The van der Waals surface area contributed by atoms with Gasteiger partial charge in [-0.15, -0.1) is 10.2 Å². The minimum atomic E-state index is -0.179. The molecule has 0 atom stereocenters. The predicted molar refractivity (Wildman–Crippen MR) is 90.8 cm³/mol. The molecule has 7 heteroatoms. The van der Waals surface area contributed by atoms with Crippen LogP contribution in [-0.2, 0) is 17.8 Å². The van der Waals surface area contributed by atoms with E-state index in [-0.39, 0.29) is 12.3 Å². The molecule has 0 fully saturated rings. The van der Waals surface area contributed by atoms with E-state index >= 15 is 0 Å². The maximum Gasteiger partial charge on any atom is 0.248 e. The van der Waals surface area contributed by atoms with Crippen LogP contribution in [0.5, 0.6) is 5.75 Å². The van der Waals surface area contributed by atoms with E-state index < -0.39 is 0 Å². The minimum Gasteiger partial charge on any atom is -0.494 e. The summed E-state index contributed by atoms with van der Waals surface area (Å²) in [4.78, 5) is 12.1. The summed E-state index contributed by atoms with van der Waals surface area (Å²) in [6.45, 7) is 2.90. The van der Waals surface area contributed by atoms with Crippen molar-refractivity contribution in [3.63, 3.8) is 0 Å². The van der Waals surface area contributed by atoms with Gasteiger partial charge >= 0.3 is 0 Å². The van der Waals surface area contributed by atoms with Gasteiger partial charge < -0.3 is 14.5 Å². The SMILES string of the molecule is CCOc1ccccc1CNC(=O)Cc1nnc(-c2ccsc2)o1. The van der Waals surface area contributed by atoms with E-state index in [1.807, 2.05) is 48.0 Å². The molecule has 0 bridgehead atoms.